The minimum absolute atomic E-state index is 0.312. The highest BCUT2D eigenvalue weighted by Gasteiger charge is 2.08. The number of anilines is 1. The summed E-state index contributed by atoms with van der Waals surface area (Å²) in [6, 6.07) is 8.18. The van der Waals surface area contributed by atoms with Crippen LogP contribution in [0.25, 0.3) is 22.0 Å². The van der Waals surface area contributed by atoms with Gasteiger partial charge >= 0.3 is 0 Å². The fourth-order valence-corrected chi connectivity index (χ4v) is 2.15. The van der Waals surface area contributed by atoms with Gasteiger partial charge in [0.25, 0.3) is 0 Å². The summed E-state index contributed by atoms with van der Waals surface area (Å²) >= 11 is 0. The van der Waals surface area contributed by atoms with Gasteiger partial charge in [-0.2, -0.15) is 5.26 Å². The fourth-order valence-electron chi connectivity index (χ4n) is 2.15. The Hall–Kier alpha value is -2.87. The molecule has 1 aromatic carbocycles. The maximum Gasteiger partial charge on any atom is 0.236 e. The Balaban J connectivity index is 2.12. The summed E-state index contributed by atoms with van der Waals surface area (Å²) in [6.07, 6.45) is 7.29. The molecule has 0 aliphatic heterocycles. The lowest BCUT2D eigenvalue weighted by Gasteiger charge is -1.99. The van der Waals surface area contributed by atoms with E-state index in [1.54, 1.807) is 18.6 Å². The van der Waals surface area contributed by atoms with Gasteiger partial charge in [0.1, 0.15) is 0 Å². The summed E-state index contributed by atoms with van der Waals surface area (Å²) in [4.78, 5) is 8.21. The molecule has 3 rings (SSSR count). The van der Waals surface area contributed by atoms with Crippen LogP contribution in [0.3, 0.4) is 0 Å². The monoisotopic (exact) mass is 249 g/mol. The zero-order valence-electron chi connectivity index (χ0n) is 10.3. The zero-order valence-corrected chi connectivity index (χ0v) is 10.3. The van der Waals surface area contributed by atoms with Gasteiger partial charge in [-0.1, -0.05) is 18.2 Å². The second kappa shape index (κ2) is 4.42. The SMILES string of the molecule is Cn1cc(-c2cnc(NC#N)nc2)c2ccccc21. The molecule has 19 heavy (non-hydrogen) atoms. The average Bonchev–Trinajstić information content (AvgIpc) is 2.78. The van der Waals surface area contributed by atoms with Crippen molar-refractivity contribution in [2.24, 2.45) is 7.05 Å². The van der Waals surface area contributed by atoms with E-state index in [4.69, 9.17) is 5.26 Å². The van der Waals surface area contributed by atoms with Crippen molar-refractivity contribution in [1.82, 2.24) is 14.5 Å². The van der Waals surface area contributed by atoms with E-state index < -0.39 is 0 Å². The van der Waals surface area contributed by atoms with Gasteiger partial charge in [0.15, 0.2) is 6.19 Å². The van der Waals surface area contributed by atoms with Crippen LogP contribution in [-0.2, 0) is 7.05 Å². The first-order valence-corrected chi connectivity index (χ1v) is 5.81. The van der Waals surface area contributed by atoms with Crippen LogP contribution in [0.5, 0.6) is 0 Å². The van der Waals surface area contributed by atoms with E-state index in [9.17, 15) is 0 Å². The number of hydrogen-bond donors (Lipinski definition) is 1. The van der Waals surface area contributed by atoms with Crippen LogP contribution in [0.2, 0.25) is 0 Å². The Morgan fingerprint density at radius 3 is 2.68 bits per heavy atom. The van der Waals surface area contributed by atoms with Gasteiger partial charge < -0.3 is 4.57 Å². The fraction of sp³-hybridized carbons (Fsp3) is 0.0714. The standard InChI is InChI=1S/C14H11N5/c1-19-8-12(11-4-2-3-5-13(11)19)10-6-16-14(17-7-10)18-9-15/h2-8H,1H3,(H,16,17,18). The molecule has 0 saturated carbocycles. The van der Waals surface area contributed by atoms with Gasteiger partial charge in [-0.25, -0.2) is 9.97 Å². The number of hydrogen-bond acceptors (Lipinski definition) is 4. The van der Waals surface area contributed by atoms with Gasteiger partial charge in [0, 0.05) is 47.7 Å². The van der Waals surface area contributed by atoms with Crippen molar-refractivity contribution in [3.63, 3.8) is 0 Å². The average molecular weight is 249 g/mol. The van der Waals surface area contributed by atoms with E-state index >= 15 is 0 Å². The quantitative estimate of drug-likeness (QED) is 0.560. The number of rotatable bonds is 2. The van der Waals surface area contributed by atoms with E-state index in [1.807, 2.05) is 19.2 Å². The van der Waals surface area contributed by atoms with E-state index in [0.29, 0.717) is 5.95 Å². The summed E-state index contributed by atoms with van der Waals surface area (Å²) in [6.45, 7) is 0. The number of nitrogens with one attached hydrogen (secondary N) is 1. The topological polar surface area (TPSA) is 66.5 Å². The molecular weight excluding hydrogens is 238 g/mol. The molecular formula is C14H11N5. The Kier molecular flexibility index (Phi) is 2.62. The van der Waals surface area contributed by atoms with Gasteiger partial charge in [-0.15, -0.1) is 0 Å². The van der Waals surface area contributed by atoms with Crippen molar-refractivity contribution >= 4 is 16.9 Å². The number of nitrogens with zero attached hydrogens (tertiary/aromatic N) is 4. The minimum atomic E-state index is 0.312. The summed E-state index contributed by atoms with van der Waals surface area (Å²) < 4.78 is 2.08. The van der Waals surface area contributed by atoms with E-state index in [-0.39, 0.29) is 0 Å². The third-order valence-corrected chi connectivity index (χ3v) is 3.03. The van der Waals surface area contributed by atoms with Crippen LogP contribution in [-0.4, -0.2) is 14.5 Å². The van der Waals surface area contributed by atoms with Crippen molar-refractivity contribution in [2.75, 3.05) is 5.32 Å². The molecule has 2 heterocycles. The Bertz CT molecular complexity index is 765. The molecule has 0 bridgehead atoms. The lowest BCUT2D eigenvalue weighted by atomic mass is 10.1. The van der Waals surface area contributed by atoms with Crippen LogP contribution in [0, 0.1) is 11.5 Å². The molecule has 0 saturated heterocycles. The molecule has 0 spiro atoms. The molecule has 2 aromatic heterocycles. The Labute approximate surface area is 110 Å². The van der Waals surface area contributed by atoms with Crippen molar-refractivity contribution in [3.8, 4) is 17.3 Å². The third kappa shape index (κ3) is 1.89. The lowest BCUT2D eigenvalue weighted by molar-refractivity contribution is 0.970. The van der Waals surface area contributed by atoms with Crippen molar-refractivity contribution in [3.05, 3.63) is 42.9 Å². The van der Waals surface area contributed by atoms with E-state index in [1.165, 1.54) is 0 Å². The second-order valence-electron chi connectivity index (χ2n) is 4.20. The molecule has 5 nitrogen and oxygen atoms in total. The molecule has 92 valence electrons. The molecule has 3 aromatic rings. The van der Waals surface area contributed by atoms with Crippen LogP contribution < -0.4 is 5.32 Å². The Morgan fingerprint density at radius 1 is 1.21 bits per heavy atom. The number of para-hydroxylation sites is 1. The van der Waals surface area contributed by atoms with Crippen molar-refractivity contribution in [2.45, 2.75) is 0 Å². The number of fused-ring (bicyclic) bond motifs is 1. The highest BCUT2D eigenvalue weighted by atomic mass is 15.1. The number of aromatic nitrogens is 3. The molecule has 0 amide bonds. The number of benzene rings is 1. The molecule has 0 aliphatic rings. The first-order valence-electron chi connectivity index (χ1n) is 5.81. The normalized spacial score (nSPS) is 10.3. The molecule has 0 aliphatic carbocycles. The van der Waals surface area contributed by atoms with Gasteiger partial charge in [-0.05, 0) is 6.07 Å². The van der Waals surface area contributed by atoms with Gasteiger partial charge in [0.05, 0.1) is 0 Å². The highest BCUT2D eigenvalue weighted by Crippen LogP contribution is 2.29. The van der Waals surface area contributed by atoms with E-state index in [2.05, 4.69) is 38.2 Å². The summed E-state index contributed by atoms with van der Waals surface area (Å²) in [7, 11) is 2.01. The van der Waals surface area contributed by atoms with E-state index in [0.717, 1.165) is 22.0 Å². The molecule has 0 radical (unpaired) electrons. The van der Waals surface area contributed by atoms with Crippen LogP contribution in [0.1, 0.15) is 0 Å². The van der Waals surface area contributed by atoms with Gasteiger partial charge in [-0.3, -0.25) is 5.32 Å². The summed E-state index contributed by atoms with van der Waals surface area (Å²) in [5.41, 5.74) is 3.18. The maximum absolute atomic E-state index is 8.51. The van der Waals surface area contributed by atoms with Crippen LogP contribution in [0.15, 0.2) is 42.9 Å². The lowest BCUT2D eigenvalue weighted by Crippen LogP contribution is -1.94. The summed E-state index contributed by atoms with van der Waals surface area (Å²) in [5, 5.41) is 12.1. The molecule has 0 atom stereocenters. The van der Waals surface area contributed by atoms with Crippen molar-refractivity contribution in [1.29, 1.82) is 5.26 Å². The van der Waals surface area contributed by atoms with Crippen molar-refractivity contribution < 1.29 is 0 Å². The maximum atomic E-state index is 8.51. The zero-order chi connectivity index (χ0) is 13.2. The molecule has 5 heteroatoms. The Morgan fingerprint density at radius 2 is 1.95 bits per heavy atom. The number of aryl methyl sites for hydroxylation is 1. The first kappa shape index (κ1) is 11.2. The molecule has 0 unspecified atom stereocenters. The third-order valence-electron chi connectivity index (χ3n) is 3.03. The predicted molar refractivity (Wildman–Crippen MR) is 73.2 cm³/mol. The minimum Gasteiger partial charge on any atom is -0.350 e. The summed E-state index contributed by atoms with van der Waals surface area (Å²) in [5.74, 6) is 0.312. The largest absolute Gasteiger partial charge is 0.350 e. The molecule has 1 N–H and O–H groups in total. The number of nitriles is 1. The van der Waals surface area contributed by atoms with Gasteiger partial charge in [0.2, 0.25) is 5.95 Å². The molecule has 0 fully saturated rings. The highest BCUT2D eigenvalue weighted by molar-refractivity contribution is 5.95. The second-order valence-corrected chi connectivity index (χ2v) is 4.20. The first-order chi connectivity index (χ1) is 9.29. The smallest absolute Gasteiger partial charge is 0.236 e. The van der Waals surface area contributed by atoms with Crippen LogP contribution >= 0.6 is 0 Å². The predicted octanol–water partition coefficient (Wildman–Crippen LogP) is 2.53. The van der Waals surface area contributed by atoms with Crippen LogP contribution in [0.4, 0.5) is 5.95 Å².